The quantitative estimate of drug-likeness (QED) is 0.685. The first-order valence-corrected chi connectivity index (χ1v) is 11.9. The summed E-state index contributed by atoms with van der Waals surface area (Å²) in [4.78, 5) is 13.0. The summed E-state index contributed by atoms with van der Waals surface area (Å²) < 4.78 is 35.9. The fourth-order valence-electron chi connectivity index (χ4n) is 2.93. The molecule has 0 aromatic heterocycles. The zero-order valence-corrected chi connectivity index (χ0v) is 18.3. The first kappa shape index (κ1) is 21.5. The standard InChI is InChI=1S/C21H25NO5S2/c1-21(2,3)27-20(23)22-11-12-26-15-9-10-19-17(13-15)18(14-29(19,24)25)28-16-7-5-4-6-8-16/h4-10,13,18H,11-12,14H2,1-3H3,(H,22,23). The summed E-state index contributed by atoms with van der Waals surface area (Å²) in [6.07, 6.45) is -0.500. The Morgan fingerprint density at radius 2 is 1.90 bits per heavy atom. The van der Waals surface area contributed by atoms with Crippen LogP contribution in [0, 0.1) is 0 Å². The third kappa shape index (κ3) is 5.90. The van der Waals surface area contributed by atoms with E-state index >= 15 is 0 Å². The van der Waals surface area contributed by atoms with E-state index in [0.717, 1.165) is 10.5 Å². The number of benzene rings is 2. The maximum Gasteiger partial charge on any atom is 0.407 e. The molecule has 1 atom stereocenters. The molecule has 6 nitrogen and oxygen atoms in total. The number of ether oxygens (including phenoxy) is 2. The molecule has 1 aliphatic rings. The molecule has 0 bridgehead atoms. The fraction of sp³-hybridized carbons (Fsp3) is 0.381. The Hall–Kier alpha value is -2.19. The van der Waals surface area contributed by atoms with E-state index in [1.165, 1.54) is 11.8 Å². The predicted octanol–water partition coefficient (Wildman–Crippen LogP) is 4.21. The summed E-state index contributed by atoms with van der Waals surface area (Å²) >= 11 is 1.53. The van der Waals surface area contributed by atoms with E-state index in [1.807, 2.05) is 30.3 Å². The third-order valence-electron chi connectivity index (χ3n) is 4.09. The van der Waals surface area contributed by atoms with Crippen molar-refractivity contribution < 1.29 is 22.7 Å². The molecule has 0 fully saturated rings. The van der Waals surface area contributed by atoms with Crippen LogP contribution in [0.5, 0.6) is 5.75 Å². The van der Waals surface area contributed by atoms with Crippen molar-refractivity contribution in [3.63, 3.8) is 0 Å². The molecule has 0 saturated carbocycles. The van der Waals surface area contributed by atoms with E-state index in [9.17, 15) is 13.2 Å². The molecule has 3 rings (SSSR count). The van der Waals surface area contributed by atoms with Gasteiger partial charge in [-0.3, -0.25) is 0 Å². The van der Waals surface area contributed by atoms with Crippen LogP contribution in [0.4, 0.5) is 4.79 Å². The van der Waals surface area contributed by atoms with Gasteiger partial charge in [0.05, 0.1) is 22.4 Å². The second-order valence-electron chi connectivity index (χ2n) is 7.68. The van der Waals surface area contributed by atoms with Crippen molar-refractivity contribution in [1.82, 2.24) is 5.32 Å². The van der Waals surface area contributed by atoms with E-state index in [0.29, 0.717) is 10.6 Å². The van der Waals surface area contributed by atoms with Crippen LogP contribution in [-0.2, 0) is 14.6 Å². The first-order valence-electron chi connectivity index (χ1n) is 9.32. The highest BCUT2D eigenvalue weighted by Gasteiger charge is 2.35. The summed E-state index contributed by atoms with van der Waals surface area (Å²) in [7, 11) is -3.30. The lowest BCUT2D eigenvalue weighted by molar-refractivity contribution is 0.0520. The molecule has 0 saturated heterocycles. The molecule has 1 heterocycles. The maximum atomic E-state index is 12.5. The molecule has 2 aromatic rings. The normalized spacial score (nSPS) is 17.4. The number of alkyl carbamates (subject to hydrolysis) is 1. The summed E-state index contributed by atoms with van der Waals surface area (Å²) in [6.45, 7) is 5.93. The van der Waals surface area contributed by atoms with Crippen LogP contribution < -0.4 is 10.1 Å². The van der Waals surface area contributed by atoms with Gasteiger partial charge in [-0.05, 0) is 56.7 Å². The molecular weight excluding hydrogens is 410 g/mol. The molecule has 1 aliphatic heterocycles. The van der Waals surface area contributed by atoms with Crippen molar-refractivity contribution in [2.75, 3.05) is 18.9 Å². The molecule has 29 heavy (non-hydrogen) atoms. The first-order chi connectivity index (χ1) is 13.6. The summed E-state index contributed by atoms with van der Waals surface area (Å²) in [6, 6.07) is 14.8. The average molecular weight is 436 g/mol. The Kier molecular flexibility index (Phi) is 6.43. The van der Waals surface area contributed by atoms with Crippen molar-refractivity contribution in [1.29, 1.82) is 0 Å². The zero-order chi connectivity index (χ0) is 21.1. The van der Waals surface area contributed by atoms with Crippen LogP contribution in [0.1, 0.15) is 31.6 Å². The molecule has 2 aromatic carbocycles. The van der Waals surface area contributed by atoms with Crippen molar-refractivity contribution in [3.8, 4) is 5.75 Å². The van der Waals surface area contributed by atoms with Crippen LogP contribution in [0.25, 0.3) is 0 Å². The van der Waals surface area contributed by atoms with E-state index < -0.39 is 21.5 Å². The third-order valence-corrected chi connectivity index (χ3v) is 7.37. The lowest BCUT2D eigenvalue weighted by Crippen LogP contribution is -2.34. The Morgan fingerprint density at radius 1 is 1.17 bits per heavy atom. The lowest BCUT2D eigenvalue weighted by Gasteiger charge is -2.19. The Balaban J connectivity index is 1.63. The number of carbonyl (C=O) groups is 1. The molecule has 1 amide bonds. The second-order valence-corrected chi connectivity index (χ2v) is 11.0. The fourth-order valence-corrected chi connectivity index (χ4v) is 6.37. The molecule has 0 spiro atoms. The van der Waals surface area contributed by atoms with Gasteiger partial charge in [-0.25, -0.2) is 13.2 Å². The van der Waals surface area contributed by atoms with Gasteiger partial charge in [-0.15, -0.1) is 11.8 Å². The molecule has 1 N–H and O–H groups in total. The number of amides is 1. The van der Waals surface area contributed by atoms with Gasteiger partial charge in [0.15, 0.2) is 9.84 Å². The van der Waals surface area contributed by atoms with Gasteiger partial charge < -0.3 is 14.8 Å². The van der Waals surface area contributed by atoms with Gasteiger partial charge in [-0.2, -0.15) is 0 Å². The van der Waals surface area contributed by atoms with Crippen molar-refractivity contribution >= 4 is 27.7 Å². The van der Waals surface area contributed by atoms with E-state index in [2.05, 4.69) is 5.32 Å². The lowest BCUT2D eigenvalue weighted by atomic mass is 10.1. The van der Waals surface area contributed by atoms with E-state index in [4.69, 9.17) is 9.47 Å². The van der Waals surface area contributed by atoms with Gasteiger partial charge in [0, 0.05) is 4.90 Å². The van der Waals surface area contributed by atoms with Gasteiger partial charge in [0.25, 0.3) is 0 Å². The zero-order valence-electron chi connectivity index (χ0n) is 16.7. The van der Waals surface area contributed by atoms with E-state index in [-0.39, 0.29) is 24.2 Å². The van der Waals surface area contributed by atoms with Gasteiger partial charge in [-0.1, -0.05) is 18.2 Å². The van der Waals surface area contributed by atoms with Crippen LogP contribution in [0.3, 0.4) is 0 Å². The van der Waals surface area contributed by atoms with Crippen LogP contribution in [-0.4, -0.2) is 39.0 Å². The smallest absolute Gasteiger partial charge is 0.407 e. The minimum absolute atomic E-state index is 0.0749. The largest absolute Gasteiger partial charge is 0.492 e. The number of sulfone groups is 1. The molecule has 156 valence electrons. The summed E-state index contributed by atoms with van der Waals surface area (Å²) in [5.74, 6) is 0.649. The summed E-state index contributed by atoms with van der Waals surface area (Å²) in [5, 5.41) is 2.45. The predicted molar refractivity (Wildman–Crippen MR) is 113 cm³/mol. The Morgan fingerprint density at radius 3 is 2.59 bits per heavy atom. The van der Waals surface area contributed by atoms with Gasteiger partial charge in [0.1, 0.15) is 18.0 Å². The number of hydrogen-bond donors (Lipinski definition) is 1. The van der Waals surface area contributed by atoms with Crippen LogP contribution >= 0.6 is 11.8 Å². The van der Waals surface area contributed by atoms with Crippen molar-refractivity contribution in [2.24, 2.45) is 0 Å². The monoisotopic (exact) mass is 435 g/mol. The van der Waals surface area contributed by atoms with Crippen LogP contribution in [0.15, 0.2) is 58.3 Å². The number of nitrogens with one attached hydrogen (secondary N) is 1. The van der Waals surface area contributed by atoms with Gasteiger partial charge in [0.2, 0.25) is 0 Å². The van der Waals surface area contributed by atoms with E-state index in [1.54, 1.807) is 39.0 Å². The molecular formula is C21H25NO5S2. The van der Waals surface area contributed by atoms with Crippen molar-refractivity contribution in [3.05, 3.63) is 54.1 Å². The van der Waals surface area contributed by atoms with Crippen LogP contribution in [0.2, 0.25) is 0 Å². The Labute approximate surface area is 175 Å². The Bertz CT molecular complexity index is 968. The minimum Gasteiger partial charge on any atom is -0.492 e. The number of hydrogen-bond acceptors (Lipinski definition) is 6. The minimum atomic E-state index is -3.30. The molecule has 0 aliphatic carbocycles. The highest BCUT2D eigenvalue weighted by Crippen LogP contribution is 2.46. The number of thioether (sulfide) groups is 1. The highest BCUT2D eigenvalue weighted by molar-refractivity contribution is 8.01. The number of rotatable bonds is 6. The van der Waals surface area contributed by atoms with Gasteiger partial charge >= 0.3 is 6.09 Å². The topological polar surface area (TPSA) is 81.7 Å². The molecule has 8 heteroatoms. The molecule has 0 radical (unpaired) electrons. The second kappa shape index (κ2) is 8.67. The SMILES string of the molecule is CC(C)(C)OC(=O)NCCOc1ccc2c(c1)C(Sc1ccccc1)CS2(=O)=O. The maximum absolute atomic E-state index is 12.5. The average Bonchev–Trinajstić information content (AvgIpc) is 2.88. The number of carbonyl (C=O) groups excluding carboxylic acids is 1. The highest BCUT2D eigenvalue weighted by atomic mass is 32.2. The van der Waals surface area contributed by atoms with Crippen molar-refractivity contribution in [2.45, 2.75) is 41.4 Å². The molecule has 1 unspecified atom stereocenters. The number of fused-ring (bicyclic) bond motifs is 1. The summed E-state index contributed by atoms with van der Waals surface area (Å²) in [5.41, 5.74) is 0.207.